The Labute approximate surface area is 119 Å². The second-order valence-electron chi connectivity index (χ2n) is 5.52. The van der Waals surface area contributed by atoms with Crippen LogP contribution < -0.4 is 11.3 Å². The van der Waals surface area contributed by atoms with E-state index in [2.05, 4.69) is 13.8 Å². The van der Waals surface area contributed by atoms with Gasteiger partial charge in [0.2, 0.25) is 0 Å². The molecule has 2 N–H and O–H groups in total. The van der Waals surface area contributed by atoms with E-state index in [9.17, 15) is 4.79 Å². The van der Waals surface area contributed by atoms with Crippen molar-refractivity contribution < 1.29 is 0 Å². The number of nitrogens with zero attached hydrogens (tertiary/aromatic N) is 2. The standard InChI is InChI=1S/C16H23N3O/c1-4-18-14(10-12(2)3)15(17)16(20)19(18)11-13-8-6-5-7-9-13/h5-9,12H,4,10-11,17H2,1-3H3. The monoisotopic (exact) mass is 273 g/mol. The molecule has 0 fully saturated rings. The fourth-order valence-corrected chi connectivity index (χ4v) is 2.53. The van der Waals surface area contributed by atoms with Crippen LogP contribution in [0.5, 0.6) is 0 Å². The third-order valence-corrected chi connectivity index (χ3v) is 3.46. The highest BCUT2D eigenvalue weighted by atomic mass is 16.1. The number of nitrogens with two attached hydrogens (primary N) is 1. The molecule has 0 radical (unpaired) electrons. The summed E-state index contributed by atoms with van der Waals surface area (Å²) in [5.41, 5.74) is 8.42. The Bertz CT molecular complexity index is 623. The zero-order valence-electron chi connectivity index (χ0n) is 12.5. The van der Waals surface area contributed by atoms with Gasteiger partial charge in [0.15, 0.2) is 0 Å². The first kappa shape index (κ1) is 14.4. The Morgan fingerprint density at radius 2 is 1.80 bits per heavy atom. The van der Waals surface area contributed by atoms with Gasteiger partial charge in [0.25, 0.3) is 5.56 Å². The highest BCUT2D eigenvalue weighted by molar-refractivity contribution is 5.42. The minimum absolute atomic E-state index is 0.0775. The normalized spacial score (nSPS) is 11.2. The maximum atomic E-state index is 12.4. The van der Waals surface area contributed by atoms with Crippen molar-refractivity contribution in [3.8, 4) is 0 Å². The molecule has 0 aliphatic carbocycles. The van der Waals surface area contributed by atoms with Gasteiger partial charge >= 0.3 is 0 Å². The minimum atomic E-state index is -0.0775. The van der Waals surface area contributed by atoms with Crippen LogP contribution >= 0.6 is 0 Å². The molecular weight excluding hydrogens is 250 g/mol. The van der Waals surface area contributed by atoms with E-state index >= 15 is 0 Å². The van der Waals surface area contributed by atoms with E-state index in [4.69, 9.17) is 5.73 Å². The van der Waals surface area contributed by atoms with Gasteiger partial charge in [-0.1, -0.05) is 44.2 Å². The van der Waals surface area contributed by atoms with Crippen LogP contribution in [0.15, 0.2) is 35.1 Å². The molecule has 1 aromatic heterocycles. The zero-order valence-corrected chi connectivity index (χ0v) is 12.5. The van der Waals surface area contributed by atoms with Gasteiger partial charge in [0, 0.05) is 6.54 Å². The van der Waals surface area contributed by atoms with E-state index in [1.807, 2.05) is 41.9 Å². The lowest BCUT2D eigenvalue weighted by Crippen LogP contribution is -2.24. The van der Waals surface area contributed by atoms with Gasteiger partial charge in [-0.15, -0.1) is 0 Å². The third-order valence-electron chi connectivity index (χ3n) is 3.46. The second-order valence-corrected chi connectivity index (χ2v) is 5.52. The maximum absolute atomic E-state index is 12.4. The van der Waals surface area contributed by atoms with Crippen molar-refractivity contribution in [2.24, 2.45) is 5.92 Å². The Morgan fingerprint density at radius 1 is 1.15 bits per heavy atom. The van der Waals surface area contributed by atoms with Gasteiger partial charge in [-0.25, -0.2) is 4.68 Å². The van der Waals surface area contributed by atoms with E-state index in [1.165, 1.54) is 0 Å². The molecule has 0 aliphatic heterocycles. The first-order chi connectivity index (χ1) is 9.54. The molecule has 20 heavy (non-hydrogen) atoms. The molecular formula is C16H23N3O. The number of nitrogen functional groups attached to an aromatic ring is 1. The summed E-state index contributed by atoms with van der Waals surface area (Å²) < 4.78 is 3.77. The molecule has 0 atom stereocenters. The second kappa shape index (κ2) is 5.99. The number of benzene rings is 1. The fourth-order valence-electron chi connectivity index (χ4n) is 2.53. The number of aromatic nitrogens is 2. The summed E-state index contributed by atoms with van der Waals surface area (Å²) in [4.78, 5) is 12.4. The van der Waals surface area contributed by atoms with Gasteiger partial charge in [-0.3, -0.25) is 9.48 Å². The average Bonchev–Trinajstić information content (AvgIpc) is 2.64. The van der Waals surface area contributed by atoms with Crippen LogP contribution in [0.25, 0.3) is 0 Å². The Morgan fingerprint density at radius 3 is 2.35 bits per heavy atom. The van der Waals surface area contributed by atoms with Crippen molar-refractivity contribution in [3.05, 3.63) is 51.9 Å². The predicted molar refractivity (Wildman–Crippen MR) is 82.9 cm³/mol. The smallest absolute Gasteiger partial charge is 0.290 e. The lowest BCUT2D eigenvalue weighted by molar-refractivity contribution is 0.460. The van der Waals surface area contributed by atoms with Crippen LogP contribution in [0.4, 0.5) is 5.69 Å². The predicted octanol–water partition coefficient (Wildman–Crippen LogP) is 2.50. The molecule has 0 aliphatic rings. The lowest BCUT2D eigenvalue weighted by atomic mass is 10.1. The van der Waals surface area contributed by atoms with E-state index < -0.39 is 0 Å². The number of hydrogen-bond donors (Lipinski definition) is 1. The topological polar surface area (TPSA) is 52.9 Å². The summed E-state index contributed by atoms with van der Waals surface area (Å²) in [6.07, 6.45) is 0.830. The first-order valence-corrected chi connectivity index (χ1v) is 7.16. The van der Waals surface area contributed by atoms with Crippen LogP contribution in [-0.4, -0.2) is 9.36 Å². The number of anilines is 1. The maximum Gasteiger partial charge on any atom is 0.290 e. The molecule has 0 bridgehead atoms. The van der Waals surface area contributed by atoms with Crippen molar-refractivity contribution in [1.29, 1.82) is 0 Å². The quantitative estimate of drug-likeness (QED) is 0.910. The van der Waals surface area contributed by atoms with Crippen molar-refractivity contribution in [1.82, 2.24) is 9.36 Å². The molecule has 0 saturated carbocycles. The third kappa shape index (κ3) is 2.79. The molecule has 4 heteroatoms. The number of rotatable bonds is 5. The SMILES string of the molecule is CCn1c(CC(C)C)c(N)c(=O)n1Cc1ccccc1. The largest absolute Gasteiger partial charge is 0.393 e. The first-order valence-electron chi connectivity index (χ1n) is 7.16. The number of hydrogen-bond acceptors (Lipinski definition) is 2. The van der Waals surface area contributed by atoms with Gasteiger partial charge in [-0.05, 0) is 24.8 Å². The summed E-state index contributed by atoms with van der Waals surface area (Å²) in [6, 6.07) is 10.00. The summed E-state index contributed by atoms with van der Waals surface area (Å²) in [5, 5.41) is 0. The molecule has 2 rings (SSSR count). The molecule has 1 heterocycles. The molecule has 108 valence electrons. The van der Waals surface area contributed by atoms with E-state index in [1.54, 1.807) is 4.68 Å². The molecule has 4 nitrogen and oxygen atoms in total. The van der Waals surface area contributed by atoms with Gasteiger partial charge < -0.3 is 5.73 Å². The zero-order chi connectivity index (χ0) is 14.7. The summed E-state index contributed by atoms with van der Waals surface area (Å²) in [6.45, 7) is 7.64. The van der Waals surface area contributed by atoms with Crippen LogP contribution in [-0.2, 0) is 19.5 Å². The molecule has 0 saturated heterocycles. The van der Waals surface area contributed by atoms with E-state index in [0.29, 0.717) is 18.2 Å². The van der Waals surface area contributed by atoms with Crippen molar-refractivity contribution in [3.63, 3.8) is 0 Å². The molecule has 1 aromatic carbocycles. The highest BCUT2D eigenvalue weighted by Crippen LogP contribution is 2.15. The van der Waals surface area contributed by atoms with Crippen molar-refractivity contribution in [2.75, 3.05) is 5.73 Å². The molecule has 0 amide bonds. The average molecular weight is 273 g/mol. The van der Waals surface area contributed by atoms with Crippen LogP contribution in [0.2, 0.25) is 0 Å². The van der Waals surface area contributed by atoms with Crippen LogP contribution in [0, 0.1) is 5.92 Å². The summed E-state index contributed by atoms with van der Waals surface area (Å²) >= 11 is 0. The Kier molecular flexibility index (Phi) is 4.32. The van der Waals surface area contributed by atoms with Gasteiger partial charge in [0.05, 0.1) is 12.2 Å². The van der Waals surface area contributed by atoms with E-state index in [0.717, 1.165) is 24.2 Å². The highest BCUT2D eigenvalue weighted by Gasteiger charge is 2.17. The Balaban J connectivity index is 2.45. The fraction of sp³-hybridized carbons (Fsp3) is 0.438. The van der Waals surface area contributed by atoms with Crippen molar-refractivity contribution in [2.45, 2.75) is 40.3 Å². The van der Waals surface area contributed by atoms with Crippen molar-refractivity contribution >= 4 is 5.69 Å². The van der Waals surface area contributed by atoms with Crippen LogP contribution in [0.1, 0.15) is 32.0 Å². The molecule has 0 unspecified atom stereocenters. The molecule has 2 aromatic rings. The minimum Gasteiger partial charge on any atom is -0.393 e. The Hall–Kier alpha value is -1.97. The summed E-state index contributed by atoms with van der Waals surface area (Å²) in [5.74, 6) is 0.474. The lowest BCUT2D eigenvalue weighted by Gasteiger charge is -2.14. The van der Waals surface area contributed by atoms with Gasteiger partial charge in [-0.2, -0.15) is 0 Å². The van der Waals surface area contributed by atoms with Crippen LogP contribution in [0.3, 0.4) is 0 Å². The molecule has 0 spiro atoms. The summed E-state index contributed by atoms with van der Waals surface area (Å²) in [7, 11) is 0. The van der Waals surface area contributed by atoms with E-state index in [-0.39, 0.29) is 5.56 Å². The van der Waals surface area contributed by atoms with Gasteiger partial charge in [0.1, 0.15) is 5.69 Å².